The van der Waals surface area contributed by atoms with Crippen LogP contribution in [0.2, 0.25) is 4.34 Å². The van der Waals surface area contributed by atoms with Crippen LogP contribution in [0.1, 0.15) is 39.9 Å². The van der Waals surface area contributed by atoms with Crippen molar-refractivity contribution in [3.8, 4) is 0 Å². The van der Waals surface area contributed by atoms with Crippen molar-refractivity contribution in [2.75, 3.05) is 6.54 Å². The molecule has 2 aromatic heterocycles. The molecule has 2 unspecified atom stereocenters. The van der Waals surface area contributed by atoms with E-state index in [0.29, 0.717) is 10.9 Å². The minimum atomic E-state index is -0.503. The molecule has 6 heteroatoms. The Morgan fingerprint density at radius 3 is 3.10 bits per heavy atom. The molecule has 0 fully saturated rings. The van der Waals surface area contributed by atoms with Crippen molar-refractivity contribution < 1.29 is 5.11 Å². The quantitative estimate of drug-likeness (QED) is 0.868. The molecule has 2 atom stereocenters. The normalized spacial score (nSPS) is 19.5. The van der Waals surface area contributed by atoms with Crippen molar-refractivity contribution in [2.45, 2.75) is 38.8 Å². The number of nitrogens with one attached hydrogen (secondary N) is 1. The van der Waals surface area contributed by atoms with Gasteiger partial charge in [-0.2, -0.15) is 0 Å². The number of hydrogen-bond acceptors (Lipinski definition) is 5. The molecule has 114 valence electrons. The molecule has 0 radical (unpaired) electrons. The zero-order valence-electron chi connectivity index (χ0n) is 11.9. The molecule has 3 nitrogen and oxygen atoms in total. The third-order valence-electron chi connectivity index (χ3n) is 3.77. The van der Waals surface area contributed by atoms with Crippen LogP contribution >= 0.6 is 34.3 Å². The molecule has 2 heterocycles. The van der Waals surface area contributed by atoms with Crippen LogP contribution in [0.5, 0.6) is 0 Å². The molecule has 0 spiro atoms. The van der Waals surface area contributed by atoms with Crippen molar-refractivity contribution in [2.24, 2.45) is 5.92 Å². The summed E-state index contributed by atoms with van der Waals surface area (Å²) in [6.45, 7) is 3.56. The Balaban J connectivity index is 1.51. The van der Waals surface area contributed by atoms with Gasteiger partial charge in [-0.25, -0.2) is 4.98 Å². The average molecular weight is 343 g/mol. The highest BCUT2D eigenvalue weighted by Crippen LogP contribution is 2.30. The average Bonchev–Trinajstić information content (AvgIpc) is 3.04. The molecule has 2 N–H and O–H groups in total. The Morgan fingerprint density at radius 1 is 1.48 bits per heavy atom. The first-order valence-corrected chi connectivity index (χ1v) is 9.24. The van der Waals surface area contributed by atoms with Crippen LogP contribution in [0.15, 0.2) is 12.1 Å². The van der Waals surface area contributed by atoms with E-state index in [1.54, 1.807) is 0 Å². The molecule has 1 aliphatic rings. The largest absolute Gasteiger partial charge is 0.386 e. The van der Waals surface area contributed by atoms with E-state index in [2.05, 4.69) is 12.2 Å². The Hall–Kier alpha value is -0.460. The van der Waals surface area contributed by atoms with E-state index in [1.165, 1.54) is 34.7 Å². The predicted molar refractivity (Wildman–Crippen MR) is 89.3 cm³/mol. The van der Waals surface area contributed by atoms with Crippen LogP contribution in [0.3, 0.4) is 0 Å². The first-order valence-electron chi connectivity index (χ1n) is 7.23. The summed E-state index contributed by atoms with van der Waals surface area (Å²) in [7, 11) is 0. The summed E-state index contributed by atoms with van der Waals surface area (Å²) in [5.41, 5.74) is 1.29. The third kappa shape index (κ3) is 3.85. The number of halogens is 1. The van der Waals surface area contributed by atoms with E-state index in [9.17, 15) is 5.11 Å². The Kier molecular flexibility index (Phi) is 4.96. The number of thiophene rings is 1. The summed E-state index contributed by atoms with van der Waals surface area (Å²) in [5.74, 6) is 0.782. The van der Waals surface area contributed by atoms with Crippen LogP contribution in [-0.4, -0.2) is 16.6 Å². The van der Waals surface area contributed by atoms with Gasteiger partial charge in [-0.05, 0) is 37.3 Å². The van der Waals surface area contributed by atoms with Gasteiger partial charge in [-0.3, -0.25) is 0 Å². The fourth-order valence-corrected chi connectivity index (χ4v) is 4.89. The number of aryl methyl sites for hydroxylation is 1. The SMILES string of the molecule is CC1CCc2nc(CNCC(O)c3ccc(Cl)s3)sc2C1. The highest BCUT2D eigenvalue weighted by Gasteiger charge is 2.19. The fraction of sp³-hybridized carbons (Fsp3) is 0.533. The van der Waals surface area contributed by atoms with Crippen LogP contribution < -0.4 is 5.32 Å². The van der Waals surface area contributed by atoms with Gasteiger partial charge >= 0.3 is 0 Å². The Labute approximate surface area is 138 Å². The number of hydrogen-bond donors (Lipinski definition) is 2. The van der Waals surface area contributed by atoms with Crippen molar-refractivity contribution >= 4 is 34.3 Å². The Morgan fingerprint density at radius 2 is 2.33 bits per heavy atom. The lowest BCUT2D eigenvalue weighted by atomic mass is 9.93. The van der Waals surface area contributed by atoms with Gasteiger partial charge in [0.1, 0.15) is 11.1 Å². The minimum Gasteiger partial charge on any atom is -0.386 e. The van der Waals surface area contributed by atoms with Crippen LogP contribution in [0, 0.1) is 5.92 Å². The second-order valence-electron chi connectivity index (χ2n) is 5.61. The van der Waals surface area contributed by atoms with Crippen molar-refractivity contribution in [1.29, 1.82) is 0 Å². The van der Waals surface area contributed by atoms with E-state index in [1.807, 2.05) is 23.5 Å². The first kappa shape index (κ1) is 15.4. The molecular weight excluding hydrogens is 324 g/mol. The highest BCUT2D eigenvalue weighted by atomic mass is 35.5. The topological polar surface area (TPSA) is 45.2 Å². The number of aliphatic hydroxyl groups is 1. The lowest BCUT2D eigenvalue weighted by Crippen LogP contribution is -2.20. The minimum absolute atomic E-state index is 0.503. The number of thiazole rings is 1. The van der Waals surface area contributed by atoms with Gasteiger partial charge in [0, 0.05) is 22.8 Å². The zero-order chi connectivity index (χ0) is 14.8. The van der Waals surface area contributed by atoms with Gasteiger partial charge in [0.25, 0.3) is 0 Å². The van der Waals surface area contributed by atoms with E-state index in [-0.39, 0.29) is 0 Å². The second-order valence-corrected chi connectivity index (χ2v) is 8.53. The second kappa shape index (κ2) is 6.75. The smallest absolute Gasteiger partial charge is 0.107 e. The maximum Gasteiger partial charge on any atom is 0.107 e. The molecule has 0 saturated heterocycles. The van der Waals surface area contributed by atoms with Crippen LogP contribution in [-0.2, 0) is 19.4 Å². The van der Waals surface area contributed by atoms with Crippen molar-refractivity contribution in [3.63, 3.8) is 0 Å². The number of aliphatic hydroxyl groups excluding tert-OH is 1. The van der Waals surface area contributed by atoms with Crippen molar-refractivity contribution in [1.82, 2.24) is 10.3 Å². The molecule has 0 aromatic carbocycles. The fourth-order valence-electron chi connectivity index (χ4n) is 2.59. The summed E-state index contributed by atoms with van der Waals surface area (Å²) in [6, 6.07) is 3.70. The molecule has 3 rings (SSSR count). The van der Waals surface area contributed by atoms with Gasteiger partial charge in [0.05, 0.1) is 10.0 Å². The zero-order valence-corrected chi connectivity index (χ0v) is 14.3. The monoisotopic (exact) mass is 342 g/mol. The number of aromatic nitrogens is 1. The molecule has 0 amide bonds. The van der Waals surface area contributed by atoms with Gasteiger partial charge in [0.2, 0.25) is 0 Å². The van der Waals surface area contributed by atoms with Gasteiger partial charge in [-0.1, -0.05) is 18.5 Å². The van der Waals surface area contributed by atoms with E-state index in [4.69, 9.17) is 16.6 Å². The molecule has 0 bridgehead atoms. The predicted octanol–water partition coefficient (Wildman–Crippen LogP) is 3.81. The summed E-state index contributed by atoms with van der Waals surface area (Å²) in [6.07, 6.45) is 3.03. The van der Waals surface area contributed by atoms with E-state index >= 15 is 0 Å². The van der Waals surface area contributed by atoms with E-state index in [0.717, 1.165) is 28.8 Å². The van der Waals surface area contributed by atoms with Gasteiger partial charge < -0.3 is 10.4 Å². The lowest BCUT2D eigenvalue weighted by molar-refractivity contribution is 0.178. The van der Waals surface area contributed by atoms with Gasteiger partial charge in [-0.15, -0.1) is 22.7 Å². The number of nitrogens with zero attached hydrogens (tertiary/aromatic N) is 1. The number of fused-ring (bicyclic) bond motifs is 1. The van der Waals surface area contributed by atoms with Crippen LogP contribution in [0.4, 0.5) is 0 Å². The number of rotatable bonds is 5. The molecule has 1 aliphatic carbocycles. The van der Waals surface area contributed by atoms with Crippen LogP contribution in [0.25, 0.3) is 0 Å². The molecule has 0 saturated carbocycles. The molecule has 2 aromatic rings. The van der Waals surface area contributed by atoms with E-state index < -0.39 is 6.10 Å². The third-order valence-corrected chi connectivity index (χ3v) is 6.22. The standard InChI is InChI=1S/C15H19ClN2OS2/c1-9-2-3-10-13(6-9)21-15(18-10)8-17-7-11(19)12-4-5-14(16)20-12/h4-5,9,11,17,19H,2-3,6-8H2,1H3. The summed E-state index contributed by atoms with van der Waals surface area (Å²) >= 11 is 9.13. The lowest BCUT2D eigenvalue weighted by Gasteiger charge is -2.15. The molecule has 21 heavy (non-hydrogen) atoms. The maximum atomic E-state index is 10.1. The summed E-state index contributed by atoms with van der Waals surface area (Å²) in [5, 5.41) is 14.5. The first-order chi connectivity index (χ1) is 10.1. The molecule has 0 aliphatic heterocycles. The highest BCUT2D eigenvalue weighted by molar-refractivity contribution is 7.16. The summed E-state index contributed by atoms with van der Waals surface area (Å²) in [4.78, 5) is 7.07. The van der Waals surface area contributed by atoms with Gasteiger partial charge in [0.15, 0.2) is 0 Å². The summed E-state index contributed by atoms with van der Waals surface area (Å²) < 4.78 is 0.714. The maximum absolute atomic E-state index is 10.1. The van der Waals surface area contributed by atoms with Crippen molar-refractivity contribution in [3.05, 3.63) is 36.9 Å². The molecular formula is C15H19ClN2OS2. The Bertz CT molecular complexity index is 611.